The summed E-state index contributed by atoms with van der Waals surface area (Å²) in [5, 5.41) is 5.75. The Hall–Kier alpha value is -2.24. The van der Waals surface area contributed by atoms with Gasteiger partial charge in [-0.3, -0.25) is 4.98 Å². The predicted molar refractivity (Wildman–Crippen MR) is 82.8 cm³/mol. The first-order valence-corrected chi connectivity index (χ1v) is 6.76. The van der Waals surface area contributed by atoms with Gasteiger partial charge in [-0.1, -0.05) is 23.7 Å². The Kier molecular flexibility index (Phi) is 3.94. The fraction of sp³-hybridized carbons (Fsp3) is 0.133. The lowest BCUT2D eigenvalue weighted by Gasteiger charge is -2.10. The third kappa shape index (κ3) is 3.09. The lowest BCUT2D eigenvalue weighted by molar-refractivity contribution is 0.178. The minimum atomic E-state index is 0.312. The van der Waals surface area contributed by atoms with Crippen LogP contribution in [0.4, 0.5) is 11.5 Å². The lowest BCUT2D eigenvalue weighted by atomic mass is 10.1. The summed E-state index contributed by atoms with van der Waals surface area (Å²) < 4.78 is 5.04. The van der Waals surface area contributed by atoms with E-state index in [1.807, 2.05) is 30.5 Å². The van der Waals surface area contributed by atoms with Crippen LogP contribution >= 0.6 is 11.6 Å². The van der Waals surface area contributed by atoms with Crippen LogP contribution in [0.25, 0.3) is 10.8 Å². The van der Waals surface area contributed by atoms with Gasteiger partial charge in [0.25, 0.3) is 0 Å². The van der Waals surface area contributed by atoms with Crippen LogP contribution in [0.3, 0.4) is 0 Å². The Bertz CT molecular complexity index is 773. The number of ether oxygens (including phenoxy) is 1. The first-order chi connectivity index (χ1) is 10.3. The second-order valence-electron chi connectivity index (χ2n) is 4.45. The number of aromatic nitrogens is 3. The molecule has 5 nitrogen and oxygen atoms in total. The van der Waals surface area contributed by atoms with Gasteiger partial charge >= 0.3 is 0 Å². The molecule has 1 aromatic carbocycles. The molecule has 2 heterocycles. The highest BCUT2D eigenvalue weighted by Gasteiger charge is 2.06. The molecule has 106 valence electrons. The zero-order valence-corrected chi connectivity index (χ0v) is 12.1. The van der Waals surface area contributed by atoms with Crippen molar-refractivity contribution in [3.8, 4) is 0 Å². The summed E-state index contributed by atoms with van der Waals surface area (Å²) in [5.41, 5.74) is 0.915. The van der Waals surface area contributed by atoms with Crippen LogP contribution < -0.4 is 5.32 Å². The molecule has 2 aromatic heterocycles. The van der Waals surface area contributed by atoms with E-state index in [-0.39, 0.29) is 0 Å². The van der Waals surface area contributed by atoms with E-state index in [2.05, 4.69) is 20.3 Å². The zero-order valence-electron chi connectivity index (χ0n) is 11.4. The molecular weight excluding hydrogens is 288 g/mol. The van der Waals surface area contributed by atoms with Gasteiger partial charge in [0.05, 0.1) is 0 Å². The molecule has 0 saturated carbocycles. The molecule has 0 amide bonds. The smallest absolute Gasteiger partial charge is 0.158 e. The molecule has 3 rings (SSSR count). The molecule has 21 heavy (non-hydrogen) atoms. The van der Waals surface area contributed by atoms with Crippen molar-refractivity contribution in [2.75, 3.05) is 12.4 Å². The number of pyridine rings is 1. The van der Waals surface area contributed by atoms with Crippen molar-refractivity contribution >= 4 is 33.9 Å². The lowest BCUT2D eigenvalue weighted by Crippen LogP contribution is -2.02. The monoisotopic (exact) mass is 300 g/mol. The molecule has 0 aliphatic heterocycles. The van der Waals surface area contributed by atoms with Gasteiger partial charge in [0, 0.05) is 36.6 Å². The average molecular weight is 301 g/mol. The van der Waals surface area contributed by atoms with Crippen molar-refractivity contribution in [2.45, 2.75) is 6.61 Å². The van der Waals surface area contributed by atoms with Crippen molar-refractivity contribution in [3.05, 3.63) is 53.7 Å². The van der Waals surface area contributed by atoms with Gasteiger partial charge in [-0.15, -0.1) is 0 Å². The van der Waals surface area contributed by atoms with Crippen molar-refractivity contribution < 1.29 is 4.74 Å². The van der Waals surface area contributed by atoms with E-state index in [0.717, 1.165) is 16.5 Å². The van der Waals surface area contributed by atoms with Gasteiger partial charge < -0.3 is 10.1 Å². The predicted octanol–water partition coefficient (Wildman–Crippen LogP) is 3.57. The van der Waals surface area contributed by atoms with Crippen molar-refractivity contribution in [2.24, 2.45) is 0 Å². The number of fused-ring (bicyclic) bond motifs is 1. The van der Waals surface area contributed by atoms with E-state index in [0.29, 0.717) is 23.4 Å². The number of benzene rings is 1. The SMILES string of the molecule is COCc1nc(Cl)cc(Nc2cccc3ccncc23)n1. The average Bonchev–Trinajstić information content (AvgIpc) is 2.47. The molecule has 0 unspecified atom stereocenters. The summed E-state index contributed by atoms with van der Waals surface area (Å²) in [6.45, 7) is 0.312. The molecule has 0 radical (unpaired) electrons. The van der Waals surface area contributed by atoms with E-state index in [1.165, 1.54) is 0 Å². The number of methoxy groups -OCH3 is 1. The van der Waals surface area contributed by atoms with Crippen LogP contribution in [0, 0.1) is 0 Å². The number of halogens is 1. The number of nitrogens with one attached hydrogen (secondary N) is 1. The molecule has 0 atom stereocenters. The highest BCUT2D eigenvalue weighted by molar-refractivity contribution is 6.29. The quantitative estimate of drug-likeness (QED) is 0.746. The van der Waals surface area contributed by atoms with Crippen molar-refractivity contribution in [3.63, 3.8) is 0 Å². The van der Waals surface area contributed by atoms with Crippen LogP contribution in [-0.2, 0) is 11.3 Å². The van der Waals surface area contributed by atoms with Gasteiger partial charge in [-0.05, 0) is 17.5 Å². The van der Waals surface area contributed by atoms with Crippen molar-refractivity contribution in [1.29, 1.82) is 0 Å². The maximum absolute atomic E-state index is 6.01. The van der Waals surface area contributed by atoms with Gasteiger partial charge in [-0.25, -0.2) is 9.97 Å². The van der Waals surface area contributed by atoms with Gasteiger partial charge in [0.15, 0.2) is 5.82 Å². The second kappa shape index (κ2) is 6.03. The Labute approximate surface area is 127 Å². The molecule has 0 fully saturated rings. The van der Waals surface area contributed by atoms with Crippen LogP contribution in [0.2, 0.25) is 5.15 Å². The topological polar surface area (TPSA) is 59.9 Å². The maximum Gasteiger partial charge on any atom is 0.158 e. The van der Waals surface area contributed by atoms with Gasteiger partial charge in [-0.2, -0.15) is 0 Å². The molecule has 6 heteroatoms. The van der Waals surface area contributed by atoms with Gasteiger partial charge in [0.1, 0.15) is 17.6 Å². The fourth-order valence-electron chi connectivity index (χ4n) is 2.08. The minimum Gasteiger partial charge on any atom is -0.377 e. The van der Waals surface area contributed by atoms with E-state index in [1.54, 1.807) is 19.4 Å². The third-order valence-corrected chi connectivity index (χ3v) is 3.15. The minimum absolute atomic E-state index is 0.312. The zero-order chi connectivity index (χ0) is 14.7. The summed E-state index contributed by atoms with van der Waals surface area (Å²) in [6, 6.07) is 9.62. The molecule has 0 spiro atoms. The Morgan fingerprint density at radius 3 is 3.00 bits per heavy atom. The van der Waals surface area contributed by atoms with Crippen LogP contribution in [0.15, 0.2) is 42.7 Å². The first-order valence-electron chi connectivity index (χ1n) is 6.38. The number of hydrogen-bond acceptors (Lipinski definition) is 5. The first kappa shape index (κ1) is 13.7. The molecule has 0 aliphatic carbocycles. The van der Waals surface area contributed by atoms with Gasteiger partial charge in [0.2, 0.25) is 0 Å². The maximum atomic E-state index is 6.01. The normalized spacial score (nSPS) is 10.8. The summed E-state index contributed by atoms with van der Waals surface area (Å²) in [6.07, 6.45) is 3.58. The van der Waals surface area contributed by atoms with Crippen LogP contribution in [0.1, 0.15) is 5.82 Å². The van der Waals surface area contributed by atoms with E-state index >= 15 is 0 Å². The molecule has 0 saturated heterocycles. The Morgan fingerprint density at radius 2 is 2.14 bits per heavy atom. The summed E-state index contributed by atoms with van der Waals surface area (Å²) in [5.74, 6) is 1.16. The van der Waals surface area contributed by atoms with Crippen LogP contribution in [-0.4, -0.2) is 22.1 Å². The Balaban J connectivity index is 1.98. The van der Waals surface area contributed by atoms with E-state index in [4.69, 9.17) is 16.3 Å². The number of hydrogen-bond donors (Lipinski definition) is 1. The standard InChI is InChI=1S/C15H13ClN4O/c1-21-9-15-19-13(16)7-14(20-15)18-12-4-2-3-10-5-6-17-8-11(10)12/h2-8H,9H2,1H3,(H,18,19,20). The summed E-state index contributed by atoms with van der Waals surface area (Å²) in [7, 11) is 1.59. The highest BCUT2D eigenvalue weighted by Crippen LogP contribution is 2.25. The summed E-state index contributed by atoms with van der Waals surface area (Å²) >= 11 is 6.01. The second-order valence-corrected chi connectivity index (χ2v) is 4.84. The molecule has 3 aromatic rings. The van der Waals surface area contributed by atoms with Crippen molar-refractivity contribution in [1.82, 2.24) is 15.0 Å². The van der Waals surface area contributed by atoms with E-state index in [9.17, 15) is 0 Å². The number of nitrogens with zero attached hydrogens (tertiary/aromatic N) is 3. The summed E-state index contributed by atoms with van der Waals surface area (Å²) in [4.78, 5) is 12.6. The molecular formula is C15H13ClN4O. The highest BCUT2D eigenvalue weighted by atomic mass is 35.5. The third-order valence-electron chi connectivity index (χ3n) is 2.96. The van der Waals surface area contributed by atoms with Crippen LogP contribution in [0.5, 0.6) is 0 Å². The molecule has 1 N–H and O–H groups in total. The molecule has 0 aliphatic rings. The fourth-order valence-corrected chi connectivity index (χ4v) is 2.28. The number of rotatable bonds is 4. The van der Waals surface area contributed by atoms with E-state index < -0.39 is 0 Å². The molecule has 0 bridgehead atoms. The Morgan fingerprint density at radius 1 is 1.24 bits per heavy atom. The number of anilines is 2. The largest absolute Gasteiger partial charge is 0.377 e.